The molecule has 0 bridgehead atoms. The van der Waals surface area contributed by atoms with Crippen LogP contribution in [0.2, 0.25) is 5.02 Å². The van der Waals surface area contributed by atoms with Crippen LogP contribution in [0.3, 0.4) is 0 Å². The number of benzene rings is 1. The van der Waals surface area contributed by atoms with E-state index in [9.17, 15) is 4.79 Å². The fourth-order valence-electron chi connectivity index (χ4n) is 3.85. The molecular weight excluding hydrogens is 458 g/mol. The van der Waals surface area contributed by atoms with E-state index in [1.54, 1.807) is 12.3 Å². The third-order valence-corrected chi connectivity index (χ3v) is 6.79. The number of carbonyl (C=O) groups is 1. The Bertz CT molecular complexity index is 1110. The van der Waals surface area contributed by atoms with Crippen LogP contribution >= 0.6 is 22.9 Å². The highest BCUT2D eigenvalue weighted by Crippen LogP contribution is 2.27. The third-order valence-electron chi connectivity index (χ3n) is 5.53. The molecule has 1 aliphatic rings. The van der Waals surface area contributed by atoms with Gasteiger partial charge in [-0.2, -0.15) is 4.98 Å². The fourth-order valence-corrected chi connectivity index (χ4v) is 4.87. The van der Waals surface area contributed by atoms with E-state index in [0.717, 1.165) is 44.1 Å². The third kappa shape index (κ3) is 5.79. The average Bonchev–Trinajstić information content (AvgIpc) is 3.25. The molecule has 1 aromatic carbocycles. The predicted octanol–water partition coefficient (Wildman–Crippen LogP) is 4.15. The van der Waals surface area contributed by atoms with Crippen molar-refractivity contribution in [3.05, 3.63) is 51.7 Å². The first-order valence-corrected chi connectivity index (χ1v) is 12.3. The van der Waals surface area contributed by atoms with Crippen molar-refractivity contribution in [1.29, 1.82) is 0 Å². The predicted molar refractivity (Wildman–Crippen MR) is 134 cm³/mol. The Balaban J connectivity index is 1.43. The minimum Gasteiger partial charge on any atom is -0.354 e. The summed E-state index contributed by atoms with van der Waals surface area (Å²) in [5.74, 6) is 2.10. The number of carbonyl (C=O) groups excluding carboxylic acids is 1. The van der Waals surface area contributed by atoms with Crippen LogP contribution in [0.4, 0.5) is 22.5 Å². The lowest BCUT2D eigenvalue weighted by Gasteiger charge is -2.35. The first kappa shape index (κ1) is 23.4. The molecular formula is C23H29ClN7OS+. The highest BCUT2D eigenvalue weighted by Gasteiger charge is 2.21. The lowest BCUT2D eigenvalue weighted by molar-refractivity contribution is -0.354. The molecule has 0 radical (unpaired) electrons. The Morgan fingerprint density at radius 1 is 1.21 bits per heavy atom. The normalized spacial score (nSPS) is 14.4. The second-order valence-electron chi connectivity index (χ2n) is 8.08. The summed E-state index contributed by atoms with van der Waals surface area (Å²) in [6.07, 6.45) is 2.85. The summed E-state index contributed by atoms with van der Waals surface area (Å²) in [6.45, 7) is 11.2. The van der Waals surface area contributed by atoms with Crippen molar-refractivity contribution in [2.75, 3.05) is 48.3 Å². The maximum atomic E-state index is 12.7. The number of hydrogen-bond donors (Lipinski definition) is 2. The van der Waals surface area contributed by atoms with Gasteiger partial charge in [0.25, 0.3) is 5.91 Å². The maximum Gasteiger partial charge on any atom is 0.338 e. The summed E-state index contributed by atoms with van der Waals surface area (Å²) in [4.78, 5) is 30.3. The molecule has 3 heterocycles. The molecule has 33 heavy (non-hydrogen) atoms. The largest absolute Gasteiger partial charge is 0.354 e. The fraction of sp³-hybridized carbons (Fsp3) is 0.391. The molecule has 0 spiro atoms. The molecule has 3 aromatic rings. The molecule has 174 valence electrons. The number of rotatable bonds is 7. The molecule has 2 aromatic heterocycles. The molecule has 1 aliphatic heterocycles. The van der Waals surface area contributed by atoms with Crippen LogP contribution in [0.5, 0.6) is 0 Å². The summed E-state index contributed by atoms with van der Waals surface area (Å²) in [7, 11) is 0. The number of amides is 1. The lowest BCUT2D eigenvalue weighted by Crippen LogP contribution is -2.46. The van der Waals surface area contributed by atoms with Gasteiger partial charge in [0.15, 0.2) is 0 Å². The number of nitrogens with one attached hydrogen (secondary N) is 3. The monoisotopic (exact) mass is 486 g/mol. The molecule has 0 saturated carbocycles. The molecule has 1 amide bonds. The molecule has 0 unspecified atom stereocenters. The van der Waals surface area contributed by atoms with Crippen LogP contribution in [-0.4, -0.2) is 53.5 Å². The SMILES string of the molecule is CCCN1CCN(c2cc(Nc3[nH+]cc(C(=O)Nc4c(C)cccc4Cl)s3)nc(C)n2)CC1. The van der Waals surface area contributed by atoms with E-state index in [1.165, 1.54) is 17.8 Å². The Hall–Kier alpha value is -2.75. The van der Waals surface area contributed by atoms with E-state index in [1.807, 2.05) is 32.0 Å². The minimum atomic E-state index is -0.218. The lowest BCUT2D eigenvalue weighted by atomic mass is 10.2. The van der Waals surface area contributed by atoms with Crippen molar-refractivity contribution in [3.8, 4) is 0 Å². The smallest absolute Gasteiger partial charge is 0.338 e. The number of aromatic amines is 1. The molecule has 8 nitrogen and oxygen atoms in total. The van der Waals surface area contributed by atoms with Crippen LogP contribution in [0.1, 0.15) is 34.4 Å². The van der Waals surface area contributed by atoms with Crippen molar-refractivity contribution in [2.24, 2.45) is 0 Å². The Kier molecular flexibility index (Phi) is 7.42. The quantitative estimate of drug-likeness (QED) is 0.521. The van der Waals surface area contributed by atoms with E-state index in [2.05, 4.69) is 42.3 Å². The number of H-pyrrole nitrogens is 1. The topological polar surface area (TPSA) is 87.5 Å². The van der Waals surface area contributed by atoms with Gasteiger partial charge < -0.3 is 10.2 Å². The highest BCUT2D eigenvalue weighted by atomic mass is 35.5. The van der Waals surface area contributed by atoms with Gasteiger partial charge in [-0.15, -0.1) is 0 Å². The number of para-hydroxylation sites is 1. The van der Waals surface area contributed by atoms with Crippen LogP contribution in [0.15, 0.2) is 30.5 Å². The van der Waals surface area contributed by atoms with Gasteiger partial charge in [0, 0.05) is 32.2 Å². The number of thiazole rings is 1. The highest BCUT2D eigenvalue weighted by molar-refractivity contribution is 7.17. The van der Waals surface area contributed by atoms with Gasteiger partial charge in [-0.3, -0.25) is 9.69 Å². The van der Waals surface area contributed by atoms with E-state index >= 15 is 0 Å². The summed E-state index contributed by atoms with van der Waals surface area (Å²) >= 11 is 7.56. The molecule has 0 aliphatic carbocycles. The standard InChI is InChI=1S/C23H28ClN7OS/c1-4-8-30-9-11-31(12-10-30)20-13-19(26-16(3)27-20)28-23-25-14-18(33-23)22(32)29-21-15(2)6-5-7-17(21)24/h5-7,13-14H,4,8-12H2,1-3H3,(H,29,32)(H,25,26,27,28)/p+1. The minimum absolute atomic E-state index is 0.218. The summed E-state index contributed by atoms with van der Waals surface area (Å²) in [6, 6.07) is 7.49. The van der Waals surface area contributed by atoms with Gasteiger partial charge >= 0.3 is 5.13 Å². The van der Waals surface area contributed by atoms with E-state index in [0.29, 0.717) is 32.4 Å². The Morgan fingerprint density at radius 3 is 2.73 bits per heavy atom. The van der Waals surface area contributed by atoms with Crippen molar-refractivity contribution >= 4 is 51.3 Å². The van der Waals surface area contributed by atoms with Gasteiger partial charge in [-0.25, -0.2) is 15.3 Å². The summed E-state index contributed by atoms with van der Waals surface area (Å²) < 4.78 is 0. The van der Waals surface area contributed by atoms with Crippen molar-refractivity contribution in [3.63, 3.8) is 0 Å². The van der Waals surface area contributed by atoms with Crippen molar-refractivity contribution in [1.82, 2.24) is 14.9 Å². The zero-order valence-electron chi connectivity index (χ0n) is 19.1. The molecule has 0 atom stereocenters. The first-order chi connectivity index (χ1) is 15.9. The number of anilines is 4. The number of halogens is 1. The molecule has 1 fully saturated rings. The molecule has 3 N–H and O–H groups in total. The van der Waals surface area contributed by atoms with Gasteiger partial charge in [0.05, 0.1) is 10.7 Å². The van der Waals surface area contributed by atoms with Gasteiger partial charge in [0.1, 0.15) is 22.7 Å². The van der Waals surface area contributed by atoms with Gasteiger partial charge in [-0.05, 0) is 49.8 Å². The Morgan fingerprint density at radius 2 is 2.00 bits per heavy atom. The van der Waals surface area contributed by atoms with Crippen LogP contribution < -0.4 is 20.5 Å². The number of nitrogens with zero attached hydrogens (tertiary/aromatic N) is 4. The van der Waals surface area contributed by atoms with Gasteiger partial charge in [-0.1, -0.05) is 30.7 Å². The van der Waals surface area contributed by atoms with Crippen LogP contribution in [-0.2, 0) is 0 Å². The summed E-state index contributed by atoms with van der Waals surface area (Å²) in [5.41, 5.74) is 1.54. The van der Waals surface area contributed by atoms with Gasteiger partial charge in [0.2, 0.25) is 5.82 Å². The zero-order chi connectivity index (χ0) is 23.4. The number of aryl methyl sites for hydroxylation is 2. The second kappa shape index (κ2) is 10.5. The first-order valence-electron chi connectivity index (χ1n) is 11.1. The van der Waals surface area contributed by atoms with Crippen molar-refractivity contribution in [2.45, 2.75) is 27.2 Å². The van der Waals surface area contributed by atoms with Crippen LogP contribution in [0, 0.1) is 13.8 Å². The number of piperazine rings is 1. The number of aromatic nitrogens is 3. The zero-order valence-corrected chi connectivity index (χ0v) is 20.7. The molecule has 1 saturated heterocycles. The summed E-state index contributed by atoms with van der Waals surface area (Å²) in [5, 5.41) is 7.42. The molecule has 10 heteroatoms. The average molecular weight is 487 g/mol. The van der Waals surface area contributed by atoms with E-state index in [4.69, 9.17) is 11.6 Å². The second-order valence-corrected chi connectivity index (χ2v) is 9.54. The Labute approximate surface area is 203 Å². The maximum absolute atomic E-state index is 12.7. The van der Waals surface area contributed by atoms with E-state index < -0.39 is 0 Å². The van der Waals surface area contributed by atoms with Crippen LogP contribution in [0.25, 0.3) is 0 Å². The number of hydrogen-bond acceptors (Lipinski definition) is 7. The van der Waals surface area contributed by atoms with Crippen molar-refractivity contribution < 1.29 is 9.78 Å². The van der Waals surface area contributed by atoms with E-state index in [-0.39, 0.29) is 5.91 Å². The molecule has 4 rings (SSSR count).